The van der Waals surface area contributed by atoms with E-state index in [9.17, 15) is 0 Å². The minimum absolute atomic E-state index is 0.160. The molecule has 0 saturated carbocycles. The highest BCUT2D eigenvalue weighted by Gasteiger charge is 2.53. The fourth-order valence-electron chi connectivity index (χ4n) is 10.5. The highest BCUT2D eigenvalue weighted by atomic mass is 15.0. The molecule has 3 nitrogen and oxygen atoms in total. The van der Waals surface area contributed by atoms with Gasteiger partial charge in [-0.2, -0.15) is 0 Å². The average Bonchev–Trinajstić information content (AvgIpc) is 3.63. The van der Waals surface area contributed by atoms with Gasteiger partial charge in [-0.3, -0.25) is 0 Å². The summed E-state index contributed by atoms with van der Waals surface area (Å²) in [5, 5.41) is 2.39. The van der Waals surface area contributed by atoms with Gasteiger partial charge in [0, 0.05) is 22.1 Å². The Bertz CT molecular complexity index is 3280. The summed E-state index contributed by atoms with van der Waals surface area (Å²) < 4.78 is 0. The second kappa shape index (κ2) is 13.9. The smallest absolute Gasteiger partial charge is 0.164 e. The summed E-state index contributed by atoms with van der Waals surface area (Å²) in [6.07, 6.45) is 0. The maximum absolute atomic E-state index is 5.10. The molecule has 3 heteroatoms. The van der Waals surface area contributed by atoms with Crippen LogP contribution in [-0.4, -0.2) is 15.0 Å². The van der Waals surface area contributed by atoms with Crippen LogP contribution < -0.4 is 0 Å². The number of hydrogen-bond donors (Lipinski definition) is 0. The molecule has 0 N–H and O–H groups in total. The molecule has 0 amide bonds. The van der Waals surface area contributed by atoms with Gasteiger partial charge in [0.25, 0.3) is 0 Å². The Labute approximate surface area is 362 Å². The Morgan fingerprint density at radius 1 is 0.274 bits per heavy atom. The summed E-state index contributed by atoms with van der Waals surface area (Å²) in [5.41, 5.74) is 17.5. The van der Waals surface area contributed by atoms with Crippen LogP contribution in [0.2, 0.25) is 0 Å². The number of nitrogens with zero attached hydrogens (tertiary/aromatic N) is 3. The lowest BCUT2D eigenvalue weighted by Crippen LogP contribution is -2.40. The van der Waals surface area contributed by atoms with E-state index in [1.54, 1.807) is 0 Å². The van der Waals surface area contributed by atoms with Gasteiger partial charge in [-0.05, 0) is 102 Å². The van der Waals surface area contributed by atoms with Gasteiger partial charge in [0.05, 0.1) is 5.41 Å². The summed E-state index contributed by atoms with van der Waals surface area (Å²) in [5.74, 6) is 1.93. The third-order valence-electron chi connectivity index (χ3n) is 13.4. The van der Waals surface area contributed by atoms with Crippen molar-refractivity contribution in [2.24, 2.45) is 0 Å². The molecule has 10 aromatic rings. The molecular formula is C59H41N3. The molecule has 0 aliphatic heterocycles. The highest BCUT2D eigenvalue weighted by molar-refractivity contribution is 5.98. The zero-order valence-electron chi connectivity index (χ0n) is 34.5. The Morgan fingerprint density at radius 3 is 1.27 bits per heavy atom. The standard InChI is InChI=1S/C59H41N3/c1-58(2)50-28-13-15-30-52(50)59(53-31-16-14-29-51(53)58)49-27-12-11-26-45(49)46-33-32-43(37-54(46)59)48-36-41-23-10-9-22-40(41)35-47(48)42-24-17-25-44(34-42)57-61-55(38-18-5-3-6-19-38)60-56(62-57)39-20-7-4-8-21-39/h3-37H,1-2H3. The molecule has 9 aromatic carbocycles. The van der Waals surface area contributed by atoms with Gasteiger partial charge in [-0.25, -0.2) is 15.0 Å². The first kappa shape index (κ1) is 36.1. The molecule has 0 unspecified atom stereocenters. The SMILES string of the molecule is CC1(C)c2ccccc2C2(c3ccccc3-c3ccc(-c4cc5ccccc5cc4-c4cccc(-c5nc(-c6ccccc6)nc(-c6ccccc6)n5)c4)cc32)c2ccccc21. The van der Waals surface area contributed by atoms with Gasteiger partial charge in [0.1, 0.15) is 0 Å². The van der Waals surface area contributed by atoms with Gasteiger partial charge in [0.15, 0.2) is 17.5 Å². The molecule has 0 radical (unpaired) electrons. The molecule has 0 bridgehead atoms. The van der Waals surface area contributed by atoms with Gasteiger partial charge < -0.3 is 0 Å². The third-order valence-corrected chi connectivity index (χ3v) is 13.4. The van der Waals surface area contributed by atoms with Gasteiger partial charge >= 0.3 is 0 Å². The van der Waals surface area contributed by atoms with Crippen LogP contribution in [0.1, 0.15) is 47.2 Å². The maximum Gasteiger partial charge on any atom is 0.164 e. The quantitative estimate of drug-likeness (QED) is 0.174. The highest BCUT2D eigenvalue weighted by Crippen LogP contribution is 2.62. The number of fused-ring (bicyclic) bond motifs is 10. The summed E-state index contributed by atoms with van der Waals surface area (Å²) in [7, 11) is 0. The van der Waals surface area contributed by atoms with E-state index in [1.165, 1.54) is 66.4 Å². The van der Waals surface area contributed by atoms with E-state index in [4.69, 9.17) is 15.0 Å². The van der Waals surface area contributed by atoms with Crippen molar-refractivity contribution < 1.29 is 0 Å². The second-order valence-corrected chi connectivity index (χ2v) is 17.1. The molecule has 2 aliphatic rings. The Morgan fingerprint density at radius 2 is 0.694 bits per heavy atom. The van der Waals surface area contributed by atoms with Crippen LogP contribution in [0.5, 0.6) is 0 Å². The molecule has 292 valence electrons. The van der Waals surface area contributed by atoms with Crippen LogP contribution in [0.3, 0.4) is 0 Å². The normalized spacial score (nSPS) is 13.9. The van der Waals surface area contributed by atoms with Gasteiger partial charge in [-0.15, -0.1) is 0 Å². The predicted octanol–water partition coefficient (Wildman–Crippen LogP) is 14.4. The number of aromatic nitrogens is 3. The summed E-state index contributed by atoms with van der Waals surface area (Å²) in [6.45, 7) is 4.76. The Kier molecular flexibility index (Phi) is 8.10. The topological polar surface area (TPSA) is 38.7 Å². The minimum Gasteiger partial charge on any atom is -0.208 e. The van der Waals surface area contributed by atoms with Crippen molar-refractivity contribution in [2.45, 2.75) is 24.7 Å². The molecule has 0 saturated heterocycles. The average molecular weight is 792 g/mol. The number of hydrogen-bond acceptors (Lipinski definition) is 3. The van der Waals surface area contributed by atoms with Gasteiger partial charge in [0.2, 0.25) is 0 Å². The van der Waals surface area contributed by atoms with Crippen LogP contribution in [0.25, 0.3) is 78.3 Å². The van der Waals surface area contributed by atoms with Crippen LogP contribution >= 0.6 is 0 Å². The lowest BCUT2D eigenvalue weighted by molar-refractivity contribution is 0.563. The summed E-state index contributed by atoms with van der Waals surface area (Å²) in [4.78, 5) is 15.2. The molecule has 1 spiro atoms. The van der Waals surface area contributed by atoms with E-state index in [0.717, 1.165) is 27.8 Å². The van der Waals surface area contributed by atoms with E-state index in [-0.39, 0.29) is 5.41 Å². The fourth-order valence-corrected chi connectivity index (χ4v) is 10.5. The molecular weight excluding hydrogens is 751 g/mol. The van der Waals surface area contributed by atoms with Crippen LogP contribution in [0, 0.1) is 0 Å². The van der Waals surface area contributed by atoms with E-state index in [0.29, 0.717) is 17.5 Å². The number of benzene rings is 9. The van der Waals surface area contributed by atoms with E-state index in [1.807, 2.05) is 36.4 Å². The van der Waals surface area contributed by atoms with Crippen molar-refractivity contribution in [3.05, 3.63) is 246 Å². The molecule has 0 atom stereocenters. The number of rotatable bonds is 5. The molecule has 62 heavy (non-hydrogen) atoms. The van der Waals surface area contributed by atoms with Crippen molar-refractivity contribution in [3.63, 3.8) is 0 Å². The largest absolute Gasteiger partial charge is 0.208 e. The Hall–Kier alpha value is -7.75. The molecule has 12 rings (SSSR count). The Balaban J connectivity index is 1.08. The zero-order valence-corrected chi connectivity index (χ0v) is 34.5. The van der Waals surface area contributed by atoms with E-state index >= 15 is 0 Å². The van der Waals surface area contributed by atoms with Crippen LogP contribution in [0.4, 0.5) is 0 Å². The van der Waals surface area contributed by atoms with Crippen molar-refractivity contribution in [3.8, 4) is 67.5 Å². The van der Waals surface area contributed by atoms with Gasteiger partial charge in [-0.1, -0.05) is 202 Å². The van der Waals surface area contributed by atoms with E-state index in [2.05, 4.69) is 190 Å². The van der Waals surface area contributed by atoms with Crippen molar-refractivity contribution >= 4 is 10.8 Å². The maximum atomic E-state index is 5.10. The summed E-state index contributed by atoms with van der Waals surface area (Å²) in [6, 6.07) is 77.1. The van der Waals surface area contributed by atoms with Crippen molar-refractivity contribution in [1.82, 2.24) is 15.0 Å². The van der Waals surface area contributed by atoms with Crippen LogP contribution in [0.15, 0.2) is 212 Å². The molecule has 1 heterocycles. The molecule has 2 aliphatic carbocycles. The predicted molar refractivity (Wildman–Crippen MR) is 254 cm³/mol. The van der Waals surface area contributed by atoms with E-state index < -0.39 is 5.41 Å². The van der Waals surface area contributed by atoms with Crippen LogP contribution in [-0.2, 0) is 10.8 Å². The molecule has 1 aromatic heterocycles. The molecule has 0 fully saturated rings. The fraction of sp³-hybridized carbons (Fsp3) is 0.0678. The lowest BCUT2D eigenvalue weighted by atomic mass is 9.55. The first-order valence-electron chi connectivity index (χ1n) is 21.4. The minimum atomic E-state index is -0.479. The zero-order chi connectivity index (χ0) is 41.4. The lowest BCUT2D eigenvalue weighted by Gasteiger charge is -2.46. The third kappa shape index (κ3) is 5.41. The monoisotopic (exact) mass is 791 g/mol. The summed E-state index contributed by atoms with van der Waals surface area (Å²) >= 11 is 0. The second-order valence-electron chi connectivity index (χ2n) is 17.1. The first-order valence-corrected chi connectivity index (χ1v) is 21.4. The van der Waals surface area contributed by atoms with Crippen molar-refractivity contribution in [1.29, 1.82) is 0 Å². The first-order chi connectivity index (χ1) is 30.5. The van der Waals surface area contributed by atoms with Crippen molar-refractivity contribution in [2.75, 3.05) is 0 Å².